The number of thiophene rings is 1. The van der Waals surface area contributed by atoms with E-state index in [1.807, 2.05) is 42.5 Å². The summed E-state index contributed by atoms with van der Waals surface area (Å²) in [6, 6.07) is 12.9. The monoisotopic (exact) mass is 401 g/mol. The van der Waals surface area contributed by atoms with Crippen LogP contribution in [0.3, 0.4) is 0 Å². The molecule has 0 spiro atoms. The van der Waals surface area contributed by atoms with E-state index in [4.69, 9.17) is 0 Å². The molecule has 0 aliphatic rings. The minimum absolute atomic E-state index is 0.180. The van der Waals surface area contributed by atoms with Crippen molar-refractivity contribution in [3.63, 3.8) is 0 Å². The van der Waals surface area contributed by atoms with Crippen molar-refractivity contribution in [2.45, 2.75) is 18.2 Å². The van der Waals surface area contributed by atoms with Crippen LogP contribution in [0.1, 0.15) is 10.4 Å². The zero-order chi connectivity index (χ0) is 16.2. The normalized spacial score (nSPS) is 12.8. The minimum atomic E-state index is -3.48. The first-order chi connectivity index (χ1) is 10.4. The summed E-state index contributed by atoms with van der Waals surface area (Å²) in [5, 5.41) is 1.64. The molecule has 0 radical (unpaired) electrons. The Bertz CT molecular complexity index is 741. The van der Waals surface area contributed by atoms with E-state index in [0.717, 1.165) is 20.5 Å². The SMILES string of the molecule is CS(=O)(=O)C(Cc1ccccc1)C(=O)NCc1ccc(Br)s1. The molecule has 2 aromatic rings. The smallest absolute Gasteiger partial charge is 0.238 e. The van der Waals surface area contributed by atoms with E-state index < -0.39 is 21.0 Å². The van der Waals surface area contributed by atoms with Crippen molar-refractivity contribution >= 4 is 43.0 Å². The fourth-order valence-corrected chi connectivity index (χ4v) is 4.39. The predicted octanol–water partition coefficient (Wildman–Crippen LogP) is 2.78. The van der Waals surface area contributed by atoms with Gasteiger partial charge in [-0.05, 0) is 40.0 Å². The lowest BCUT2D eigenvalue weighted by molar-refractivity contribution is -0.120. The first-order valence-corrected chi connectivity index (χ1v) is 10.2. The maximum absolute atomic E-state index is 12.3. The number of amides is 1. The van der Waals surface area contributed by atoms with Crippen LogP contribution >= 0.6 is 27.3 Å². The first kappa shape index (κ1) is 17.2. The van der Waals surface area contributed by atoms with E-state index in [-0.39, 0.29) is 6.42 Å². The highest BCUT2D eigenvalue weighted by Gasteiger charge is 2.28. The average molecular weight is 402 g/mol. The molecule has 2 rings (SSSR count). The van der Waals surface area contributed by atoms with E-state index in [9.17, 15) is 13.2 Å². The lowest BCUT2D eigenvalue weighted by atomic mass is 10.1. The quantitative estimate of drug-likeness (QED) is 0.808. The highest BCUT2D eigenvalue weighted by molar-refractivity contribution is 9.11. The standard InChI is InChI=1S/C15H16BrNO3S2/c1-22(19,20)13(9-11-5-3-2-4-6-11)15(18)17-10-12-7-8-14(16)21-12/h2-8,13H,9-10H2,1H3,(H,17,18). The summed E-state index contributed by atoms with van der Waals surface area (Å²) < 4.78 is 24.8. The molecule has 0 bridgehead atoms. The molecule has 1 atom stereocenters. The first-order valence-electron chi connectivity index (χ1n) is 6.61. The molecule has 1 heterocycles. The largest absolute Gasteiger partial charge is 0.350 e. The van der Waals surface area contributed by atoms with Crippen molar-refractivity contribution < 1.29 is 13.2 Å². The summed E-state index contributed by atoms with van der Waals surface area (Å²) in [5.41, 5.74) is 0.826. The topological polar surface area (TPSA) is 63.2 Å². The summed E-state index contributed by atoms with van der Waals surface area (Å²) in [6.07, 6.45) is 1.28. The molecule has 1 amide bonds. The van der Waals surface area contributed by atoms with E-state index in [1.54, 1.807) is 0 Å². The number of hydrogen-bond donors (Lipinski definition) is 1. The van der Waals surface area contributed by atoms with Crippen LogP contribution in [0.4, 0.5) is 0 Å². The van der Waals surface area contributed by atoms with Gasteiger partial charge in [0.2, 0.25) is 5.91 Å². The molecule has 1 aromatic carbocycles. The summed E-state index contributed by atoms with van der Waals surface area (Å²) >= 11 is 4.86. The number of nitrogens with one attached hydrogen (secondary N) is 1. The van der Waals surface area contributed by atoms with E-state index >= 15 is 0 Å². The summed E-state index contributed by atoms with van der Waals surface area (Å²) in [5.74, 6) is -0.462. The van der Waals surface area contributed by atoms with Crippen LogP contribution in [0.5, 0.6) is 0 Å². The van der Waals surface area contributed by atoms with Gasteiger partial charge >= 0.3 is 0 Å². The van der Waals surface area contributed by atoms with Crippen molar-refractivity contribution in [2.75, 3.05) is 6.26 Å². The van der Waals surface area contributed by atoms with Crippen LogP contribution in [0.2, 0.25) is 0 Å². The van der Waals surface area contributed by atoms with Gasteiger partial charge in [0.1, 0.15) is 5.25 Å². The highest BCUT2D eigenvalue weighted by atomic mass is 79.9. The van der Waals surface area contributed by atoms with Gasteiger partial charge in [-0.3, -0.25) is 4.79 Å². The second-order valence-corrected chi connectivity index (χ2v) is 9.71. The van der Waals surface area contributed by atoms with Crippen LogP contribution in [0, 0.1) is 0 Å². The Morgan fingerprint density at radius 1 is 1.23 bits per heavy atom. The molecule has 118 valence electrons. The molecule has 22 heavy (non-hydrogen) atoms. The Kier molecular flexibility index (Phi) is 5.77. The van der Waals surface area contributed by atoms with Crippen molar-refractivity contribution in [3.05, 3.63) is 56.7 Å². The Morgan fingerprint density at radius 2 is 1.91 bits per heavy atom. The number of sulfone groups is 1. The number of halogens is 1. The molecule has 1 unspecified atom stereocenters. The molecular weight excluding hydrogens is 386 g/mol. The van der Waals surface area contributed by atoms with Gasteiger partial charge in [0.25, 0.3) is 0 Å². The number of rotatable bonds is 6. The van der Waals surface area contributed by atoms with Crippen LogP contribution in [0.25, 0.3) is 0 Å². The van der Waals surface area contributed by atoms with E-state index in [1.165, 1.54) is 11.3 Å². The third-order valence-electron chi connectivity index (χ3n) is 3.14. The molecule has 7 heteroatoms. The van der Waals surface area contributed by atoms with Crippen molar-refractivity contribution in [2.24, 2.45) is 0 Å². The van der Waals surface area contributed by atoms with Crippen molar-refractivity contribution in [1.29, 1.82) is 0 Å². The summed E-state index contributed by atoms with van der Waals surface area (Å²) in [6.45, 7) is 0.329. The van der Waals surface area contributed by atoms with Crippen LogP contribution < -0.4 is 5.32 Å². The van der Waals surface area contributed by atoms with Gasteiger partial charge in [-0.1, -0.05) is 30.3 Å². The molecule has 0 saturated carbocycles. The second kappa shape index (κ2) is 7.39. The van der Waals surface area contributed by atoms with Crippen LogP contribution in [-0.2, 0) is 27.6 Å². The van der Waals surface area contributed by atoms with Gasteiger partial charge in [-0.15, -0.1) is 11.3 Å². The molecule has 0 saturated heterocycles. The minimum Gasteiger partial charge on any atom is -0.350 e. The Labute approximate surface area is 142 Å². The number of carbonyl (C=O) groups excluding carboxylic acids is 1. The van der Waals surface area contributed by atoms with Gasteiger partial charge in [0.05, 0.1) is 10.3 Å². The zero-order valence-electron chi connectivity index (χ0n) is 12.0. The summed E-state index contributed by atoms with van der Waals surface area (Å²) in [4.78, 5) is 13.2. The second-order valence-electron chi connectivity index (χ2n) is 4.93. The molecule has 0 aliphatic carbocycles. The molecule has 0 aliphatic heterocycles. The predicted molar refractivity (Wildman–Crippen MR) is 92.6 cm³/mol. The van der Waals surface area contributed by atoms with Gasteiger partial charge in [-0.2, -0.15) is 0 Å². The van der Waals surface area contributed by atoms with Crippen molar-refractivity contribution in [3.8, 4) is 0 Å². The molecule has 1 N–H and O–H groups in total. The summed E-state index contributed by atoms with van der Waals surface area (Å²) in [7, 11) is -3.48. The number of benzene rings is 1. The number of carbonyl (C=O) groups is 1. The Hall–Kier alpha value is -1.18. The van der Waals surface area contributed by atoms with Gasteiger partial charge in [0.15, 0.2) is 9.84 Å². The van der Waals surface area contributed by atoms with Gasteiger partial charge in [0, 0.05) is 11.1 Å². The Morgan fingerprint density at radius 3 is 2.45 bits per heavy atom. The molecule has 0 fully saturated rings. The number of hydrogen-bond acceptors (Lipinski definition) is 4. The fourth-order valence-electron chi connectivity index (χ4n) is 2.00. The lowest BCUT2D eigenvalue weighted by Crippen LogP contribution is -2.40. The zero-order valence-corrected chi connectivity index (χ0v) is 15.2. The molecule has 4 nitrogen and oxygen atoms in total. The molecule has 1 aromatic heterocycles. The van der Waals surface area contributed by atoms with Gasteiger partial charge < -0.3 is 5.32 Å². The highest BCUT2D eigenvalue weighted by Crippen LogP contribution is 2.21. The van der Waals surface area contributed by atoms with Crippen LogP contribution in [-0.4, -0.2) is 25.8 Å². The van der Waals surface area contributed by atoms with E-state index in [0.29, 0.717) is 6.54 Å². The van der Waals surface area contributed by atoms with Crippen molar-refractivity contribution in [1.82, 2.24) is 5.32 Å². The Balaban J connectivity index is 2.07. The fraction of sp³-hybridized carbons (Fsp3) is 0.267. The maximum atomic E-state index is 12.3. The molecular formula is C15H16BrNO3S2. The maximum Gasteiger partial charge on any atom is 0.238 e. The third-order valence-corrected chi connectivity index (χ3v) is 6.18. The van der Waals surface area contributed by atoms with Crippen LogP contribution in [0.15, 0.2) is 46.3 Å². The van der Waals surface area contributed by atoms with E-state index in [2.05, 4.69) is 21.2 Å². The van der Waals surface area contributed by atoms with Gasteiger partial charge in [-0.25, -0.2) is 8.42 Å². The lowest BCUT2D eigenvalue weighted by Gasteiger charge is -2.15. The average Bonchev–Trinajstić information content (AvgIpc) is 2.88. The third kappa shape index (κ3) is 4.93.